The normalized spacial score (nSPS) is 12.0. The number of benzene rings is 2. The molecule has 2 rings (SSSR count). The van der Waals surface area contributed by atoms with Gasteiger partial charge in [-0.15, -0.1) is 0 Å². The first-order chi connectivity index (χ1) is 9.90. The Morgan fingerprint density at radius 2 is 2.00 bits per heavy atom. The summed E-state index contributed by atoms with van der Waals surface area (Å²) < 4.78 is 0.749. The van der Waals surface area contributed by atoms with Crippen molar-refractivity contribution in [1.82, 2.24) is 0 Å². The molecule has 2 aromatic carbocycles. The summed E-state index contributed by atoms with van der Waals surface area (Å²) in [4.78, 5) is 13.0. The van der Waals surface area contributed by atoms with Crippen LogP contribution >= 0.6 is 27.5 Å². The maximum absolute atomic E-state index is 11.0. The Morgan fingerprint density at radius 3 is 2.57 bits per heavy atom. The van der Waals surface area contributed by atoms with Crippen molar-refractivity contribution in [2.75, 3.05) is 11.9 Å². The highest BCUT2D eigenvalue weighted by Crippen LogP contribution is 2.32. The average Bonchev–Trinajstić information content (AvgIpc) is 2.45. The van der Waals surface area contributed by atoms with Gasteiger partial charge in [-0.05, 0) is 58.7 Å². The van der Waals surface area contributed by atoms with Gasteiger partial charge in [0, 0.05) is 16.5 Å². The van der Waals surface area contributed by atoms with Crippen LogP contribution in [0.15, 0.2) is 46.9 Å². The van der Waals surface area contributed by atoms with E-state index in [-0.39, 0.29) is 11.6 Å². The van der Waals surface area contributed by atoms with E-state index in [9.17, 15) is 4.79 Å². The van der Waals surface area contributed by atoms with Crippen LogP contribution in [0.4, 0.5) is 5.69 Å². The van der Waals surface area contributed by atoms with E-state index in [0.717, 1.165) is 15.7 Å². The molecular formula is C16H15BrClNO2. The number of carboxylic acids is 1. The Bertz CT molecular complexity index is 675. The molecule has 0 aromatic heterocycles. The first kappa shape index (κ1) is 15.9. The zero-order valence-corrected chi connectivity index (χ0v) is 14.0. The topological polar surface area (TPSA) is 40.5 Å². The van der Waals surface area contributed by atoms with E-state index >= 15 is 0 Å². The van der Waals surface area contributed by atoms with E-state index in [1.54, 1.807) is 18.2 Å². The summed E-state index contributed by atoms with van der Waals surface area (Å²) in [6.07, 6.45) is 0. The third-order valence-electron chi connectivity index (χ3n) is 3.49. The minimum absolute atomic E-state index is 0.107. The molecule has 2 aromatic rings. The molecule has 0 saturated heterocycles. The minimum Gasteiger partial charge on any atom is -0.478 e. The van der Waals surface area contributed by atoms with Crippen molar-refractivity contribution in [3.8, 4) is 0 Å². The monoisotopic (exact) mass is 367 g/mol. The van der Waals surface area contributed by atoms with Gasteiger partial charge in [0.15, 0.2) is 0 Å². The van der Waals surface area contributed by atoms with Gasteiger partial charge in [0.2, 0.25) is 0 Å². The van der Waals surface area contributed by atoms with Crippen molar-refractivity contribution in [3.63, 3.8) is 0 Å². The van der Waals surface area contributed by atoms with E-state index < -0.39 is 5.97 Å². The SMILES string of the molecule is CC(c1cccc(Cl)c1)N(C)c1ccc(C(=O)O)cc1Br. The van der Waals surface area contributed by atoms with Crippen LogP contribution < -0.4 is 4.90 Å². The van der Waals surface area contributed by atoms with E-state index in [2.05, 4.69) is 27.8 Å². The Kier molecular flexibility index (Phi) is 4.91. The Hall–Kier alpha value is -1.52. The van der Waals surface area contributed by atoms with Gasteiger partial charge in [-0.2, -0.15) is 0 Å². The number of hydrogen-bond acceptors (Lipinski definition) is 2. The number of carbonyl (C=O) groups is 1. The fourth-order valence-electron chi connectivity index (χ4n) is 2.12. The summed E-state index contributed by atoms with van der Waals surface area (Å²) in [6, 6.07) is 12.8. The number of halogens is 2. The fraction of sp³-hybridized carbons (Fsp3) is 0.188. The molecule has 0 amide bonds. The summed E-state index contributed by atoms with van der Waals surface area (Å²) in [5, 5.41) is 9.71. The van der Waals surface area contributed by atoms with Crippen LogP contribution in [-0.2, 0) is 0 Å². The maximum Gasteiger partial charge on any atom is 0.335 e. The third kappa shape index (κ3) is 3.57. The largest absolute Gasteiger partial charge is 0.478 e. The number of nitrogens with zero attached hydrogens (tertiary/aromatic N) is 1. The molecule has 21 heavy (non-hydrogen) atoms. The molecule has 1 unspecified atom stereocenters. The summed E-state index contributed by atoms with van der Waals surface area (Å²) in [5.74, 6) is -0.937. The van der Waals surface area contributed by atoms with Crippen molar-refractivity contribution in [1.29, 1.82) is 0 Å². The molecule has 0 aliphatic rings. The Morgan fingerprint density at radius 1 is 1.29 bits per heavy atom. The highest BCUT2D eigenvalue weighted by molar-refractivity contribution is 9.10. The van der Waals surface area contributed by atoms with Crippen LogP contribution in [0.1, 0.15) is 28.9 Å². The van der Waals surface area contributed by atoms with E-state index in [0.29, 0.717) is 5.02 Å². The van der Waals surface area contributed by atoms with Gasteiger partial charge in [0.25, 0.3) is 0 Å². The molecule has 0 aliphatic heterocycles. The zero-order chi connectivity index (χ0) is 15.6. The van der Waals surface area contributed by atoms with Crippen LogP contribution in [0.25, 0.3) is 0 Å². The molecule has 1 N–H and O–H groups in total. The molecule has 0 radical (unpaired) electrons. The summed E-state index contributed by atoms with van der Waals surface area (Å²) >= 11 is 9.47. The number of carboxylic acid groups (broad SMARTS) is 1. The lowest BCUT2D eigenvalue weighted by Crippen LogP contribution is -2.22. The maximum atomic E-state index is 11.0. The highest BCUT2D eigenvalue weighted by Gasteiger charge is 2.16. The Labute approximate surface area is 137 Å². The summed E-state index contributed by atoms with van der Waals surface area (Å²) in [6.45, 7) is 2.07. The van der Waals surface area contributed by atoms with Crippen LogP contribution in [0, 0.1) is 0 Å². The molecule has 3 nitrogen and oxygen atoms in total. The predicted molar refractivity (Wildman–Crippen MR) is 89.4 cm³/mol. The zero-order valence-electron chi connectivity index (χ0n) is 11.7. The van der Waals surface area contributed by atoms with E-state index in [1.165, 1.54) is 0 Å². The minimum atomic E-state index is -0.937. The van der Waals surface area contributed by atoms with Crippen LogP contribution in [0.2, 0.25) is 5.02 Å². The number of rotatable bonds is 4. The van der Waals surface area contributed by atoms with Gasteiger partial charge in [0.05, 0.1) is 17.3 Å². The molecule has 0 saturated carbocycles. The predicted octanol–water partition coefficient (Wildman–Crippen LogP) is 5.00. The standard InChI is InChI=1S/C16H15BrClNO2/c1-10(11-4-3-5-13(18)8-11)19(2)15-7-6-12(16(20)21)9-14(15)17/h3-10H,1-2H3,(H,20,21). The first-order valence-electron chi connectivity index (χ1n) is 6.41. The van der Waals surface area contributed by atoms with Crippen molar-refractivity contribution in [2.24, 2.45) is 0 Å². The molecule has 0 fully saturated rings. The van der Waals surface area contributed by atoms with Crippen LogP contribution in [-0.4, -0.2) is 18.1 Å². The molecule has 0 heterocycles. The van der Waals surface area contributed by atoms with Crippen LogP contribution in [0.3, 0.4) is 0 Å². The fourth-order valence-corrected chi connectivity index (χ4v) is 2.98. The molecule has 5 heteroatoms. The van der Waals surface area contributed by atoms with Crippen LogP contribution in [0.5, 0.6) is 0 Å². The van der Waals surface area contributed by atoms with Gasteiger partial charge in [0.1, 0.15) is 0 Å². The quantitative estimate of drug-likeness (QED) is 0.825. The summed E-state index contributed by atoms with van der Waals surface area (Å²) in [7, 11) is 1.96. The van der Waals surface area contributed by atoms with Gasteiger partial charge in [-0.25, -0.2) is 4.79 Å². The number of anilines is 1. The second kappa shape index (κ2) is 6.50. The van der Waals surface area contributed by atoms with E-state index in [4.69, 9.17) is 16.7 Å². The van der Waals surface area contributed by atoms with Gasteiger partial charge >= 0.3 is 5.97 Å². The lowest BCUT2D eigenvalue weighted by atomic mass is 10.1. The van der Waals surface area contributed by atoms with E-state index in [1.807, 2.05) is 31.3 Å². The molecule has 0 aliphatic carbocycles. The molecule has 110 valence electrons. The molecule has 0 bridgehead atoms. The molecular weight excluding hydrogens is 354 g/mol. The third-order valence-corrected chi connectivity index (χ3v) is 4.36. The summed E-state index contributed by atoms with van der Waals surface area (Å²) in [5.41, 5.74) is 2.28. The van der Waals surface area contributed by atoms with Crippen molar-refractivity contribution in [3.05, 3.63) is 63.1 Å². The second-order valence-corrected chi connectivity index (χ2v) is 6.10. The smallest absolute Gasteiger partial charge is 0.335 e. The lowest BCUT2D eigenvalue weighted by Gasteiger charge is -2.28. The molecule has 0 spiro atoms. The van der Waals surface area contributed by atoms with Gasteiger partial charge < -0.3 is 10.0 Å². The highest BCUT2D eigenvalue weighted by atomic mass is 79.9. The second-order valence-electron chi connectivity index (χ2n) is 4.81. The average molecular weight is 369 g/mol. The van der Waals surface area contributed by atoms with Gasteiger partial charge in [-0.1, -0.05) is 23.7 Å². The van der Waals surface area contributed by atoms with Crippen molar-refractivity contribution in [2.45, 2.75) is 13.0 Å². The number of aromatic carboxylic acids is 1. The van der Waals surface area contributed by atoms with Crippen molar-refractivity contribution < 1.29 is 9.90 Å². The van der Waals surface area contributed by atoms with Gasteiger partial charge in [-0.3, -0.25) is 0 Å². The first-order valence-corrected chi connectivity index (χ1v) is 7.58. The lowest BCUT2D eigenvalue weighted by molar-refractivity contribution is 0.0697. The number of hydrogen-bond donors (Lipinski definition) is 1. The van der Waals surface area contributed by atoms with Crippen molar-refractivity contribution >= 4 is 39.2 Å². The molecule has 1 atom stereocenters. The Balaban J connectivity index is 2.31.